The molecule has 1 aliphatic rings. The summed E-state index contributed by atoms with van der Waals surface area (Å²) in [5, 5.41) is 5.05. The number of hydrogen-bond donors (Lipinski definition) is 2. The molecule has 1 saturated carbocycles. The molecule has 1 fully saturated rings. The zero-order valence-corrected chi connectivity index (χ0v) is 11.0. The highest BCUT2D eigenvalue weighted by atomic mass is 19.4. The molecule has 1 rings (SSSR count). The number of rotatable bonds is 6. The summed E-state index contributed by atoms with van der Waals surface area (Å²) in [6, 6.07) is -0.818. The first-order chi connectivity index (χ1) is 8.18. The SMILES string of the molecule is CC(C)CCNC(=O)C(C)NC1(C(F)(F)F)CC1. The Balaban J connectivity index is 2.37. The maximum Gasteiger partial charge on any atom is 0.406 e. The summed E-state index contributed by atoms with van der Waals surface area (Å²) in [6.45, 7) is 6.02. The lowest BCUT2D eigenvalue weighted by atomic mass is 10.1. The zero-order chi connectivity index (χ0) is 14.0. The Bertz CT molecular complexity index is 298. The standard InChI is InChI=1S/C12H21F3N2O/c1-8(2)4-7-16-10(18)9(3)17-11(5-6-11)12(13,14)15/h8-9,17H,4-7H2,1-3H3,(H,16,18). The predicted octanol–water partition coefficient (Wildman–Crippen LogP) is 2.22. The molecule has 6 heteroatoms. The van der Waals surface area contributed by atoms with Gasteiger partial charge in [0.2, 0.25) is 5.91 Å². The van der Waals surface area contributed by atoms with Gasteiger partial charge in [-0.15, -0.1) is 0 Å². The molecular formula is C12H21F3N2O. The number of halogens is 3. The zero-order valence-electron chi connectivity index (χ0n) is 11.0. The van der Waals surface area contributed by atoms with Crippen LogP contribution in [0.2, 0.25) is 0 Å². The Hall–Kier alpha value is -0.780. The van der Waals surface area contributed by atoms with Crippen LogP contribution < -0.4 is 10.6 Å². The lowest BCUT2D eigenvalue weighted by Crippen LogP contribution is -2.53. The minimum atomic E-state index is -4.28. The normalized spacial score (nSPS) is 19.7. The van der Waals surface area contributed by atoms with E-state index < -0.39 is 17.8 Å². The Morgan fingerprint density at radius 3 is 2.22 bits per heavy atom. The highest BCUT2D eigenvalue weighted by Gasteiger charge is 2.63. The van der Waals surface area contributed by atoms with E-state index in [9.17, 15) is 18.0 Å². The molecular weight excluding hydrogens is 245 g/mol. The smallest absolute Gasteiger partial charge is 0.355 e. The van der Waals surface area contributed by atoms with Crippen molar-refractivity contribution < 1.29 is 18.0 Å². The fourth-order valence-electron chi connectivity index (χ4n) is 1.75. The third kappa shape index (κ3) is 3.86. The summed E-state index contributed by atoms with van der Waals surface area (Å²) in [6.07, 6.45) is -3.34. The molecule has 0 spiro atoms. The topological polar surface area (TPSA) is 41.1 Å². The molecule has 1 aliphatic carbocycles. The van der Waals surface area contributed by atoms with Gasteiger partial charge in [0.15, 0.2) is 0 Å². The molecule has 0 saturated heterocycles. The lowest BCUT2D eigenvalue weighted by molar-refractivity contribution is -0.168. The number of nitrogens with one attached hydrogen (secondary N) is 2. The molecule has 0 aromatic heterocycles. The second kappa shape index (κ2) is 5.47. The molecule has 0 aromatic rings. The molecule has 0 radical (unpaired) electrons. The summed E-state index contributed by atoms with van der Waals surface area (Å²) in [4.78, 5) is 11.6. The summed E-state index contributed by atoms with van der Waals surface area (Å²) in [7, 11) is 0. The van der Waals surface area contributed by atoms with Gasteiger partial charge in [-0.05, 0) is 32.1 Å². The minimum absolute atomic E-state index is 0.0557. The van der Waals surface area contributed by atoms with E-state index in [0.29, 0.717) is 12.5 Å². The monoisotopic (exact) mass is 266 g/mol. The molecule has 0 bridgehead atoms. The summed E-state index contributed by atoms with van der Waals surface area (Å²) in [5.74, 6) is 0.0877. The molecule has 1 amide bonds. The molecule has 3 nitrogen and oxygen atoms in total. The third-order valence-electron chi connectivity index (χ3n) is 3.20. The maximum absolute atomic E-state index is 12.7. The van der Waals surface area contributed by atoms with Crippen LogP contribution in [0.4, 0.5) is 13.2 Å². The van der Waals surface area contributed by atoms with Crippen LogP contribution in [0.3, 0.4) is 0 Å². The van der Waals surface area contributed by atoms with Gasteiger partial charge in [-0.25, -0.2) is 0 Å². The first-order valence-electron chi connectivity index (χ1n) is 6.30. The summed E-state index contributed by atoms with van der Waals surface area (Å²) < 4.78 is 38.0. The van der Waals surface area contributed by atoms with Gasteiger partial charge in [0.05, 0.1) is 6.04 Å². The van der Waals surface area contributed by atoms with Crippen LogP contribution in [0.1, 0.15) is 40.0 Å². The van der Waals surface area contributed by atoms with Gasteiger partial charge in [0.1, 0.15) is 5.54 Å². The van der Waals surface area contributed by atoms with Crippen LogP contribution in [0.5, 0.6) is 0 Å². The highest BCUT2D eigenvalue weighted by molar-refractivity contribution is 5.81. The molecule has 0 aliphatic heterocycles. The summed E-state index contributed by atoms with van der Waals surface area (Å²) >= 11 is 0. The Labute approximate surface area is 106 Å². The number of carbonyl (C=O) groups excluding carboxylic acids is 1. The minimum Gasteiger partial charge on any atom is -0.355 e. The summed E-state index contributed by atoms with van der Waals surface area (Å²) in [5.41, 5.74) is -1.83. The van der Waals surface area contributed by atoms with Gasteiger partial charge in [-0.1, -0.05) is 13.8 Å². The van der Waals surface area contributed by atoms with E-state index in [1.807, 2.05) is 13.8 Å². The van der Waals surface area contributed by atoms with Gasteiger partial charge in [-0.2, -0.15) is 13.2 Å². The third-order valence-corrected chi connectivity index (χ3v) is 3.20. The average molecular weight is 266 g/mol. The van der Waals surface area contributed by atoms with Crippen LogP contribution in [-0.4, -0.2) is 30.2 Å². The van der Waals surface area contributed by atoms with E-state index >= 15 is 0 Å². The van der Waals surface area contributed by atoms with Crippen LogP contribution in [0.15, 0.2) is 0 Å². The van der Waals surface area contributed by atoms with Crippen molar-refractivity contribution in [1.82, 2.24) is 10.6 Å². The van der Waals surface area contributed by atoms with Crippen molar-refractivity contribution in [3.8, 4) is 0 Å². The first kappa shape index (κ1) is 15.3. The van der Waals surface area contributed by atoms with E-state index in [1.165, 1.54) is 6.92 Å². The Morgan fingerprint density at radius 2 is 1.83 bits per heavy atom. The largest absolute Gasteiger partial charge is 0.406 e. The van der Waals surface area contributed by atoms with Gasteiger partial charge >= 0.3 is 6.18 Å². The number of amides is 1. The molecule has 1 atom stereocenters. The number of alkyl halides is 3. The van der Waals surface area contributed by atoms with Crippen molar-refractivity contribution in [3.05, 3.63) is 0 Å². The van der Waals surface area contributed by atoms with Gasteiger partial charge < -0.3 is 5.32 Å². The van der Waals surface area contributed by atoms with Crippen LogP contribution >= 0.6 is 0 Å². The number of carbonyl (C=O) groups is 1. The molecule has 0 heterocycles. The van der Waals surface area contributed by atoms with E-state index in [0.717, 1.165) is 6.42 Å². The van der Waals surface area contributed by atoms with Crippen molar-refractivity contribution in [2.24, 2.45) is 5.92 Å². The van der Waals surface area contributed by atoms with Crippen LogP contribution in [0.25, 0.3) is 0 Å². The first-order valence-corrected chi connectivity index (χ1v) is 6.30. The van der Waals surface area contributed by atoms with E-state index in [2.05, 4.69) is 10.6 Å². The maximum atomic E-state index is 12.7. The van der Waals surface area contributed by atoms with Crippen LogP contribution in [-0.2, 0) is 4.79 Å². The van der Waals surface area contributed by atoms with Crippen molar-refractivity contribution in [1.29, 1.82) is 0 Å². The van der Waals surface area contributed by atoms with E-state index in [1.54, 1.807) is 0 Å². The highest BCUT2D eigenvalue weighted by Crippen LogP contribution is 2.49. The molecule has 106 valence electrons. The lowest BCUT2D eigenvalue weighted by Gasteiger charge is -2.24. The van der Waals surface area contributed by atoms with Crippen molar-refractivity contribution >= 4 is 5.91 Å². The second-order valence-corrected chi connectivity index (χ2v) is 5.42. The quantitative estimate of drug-likeness (QED) is 0.774. The molecule has 0 aromatic carbocycles. The van der Waals surface area contributed by atoms with Crippen molar-refractivity contribution in [3.63, 3.8) is 0 Å². The average Bonchev–Trinajstić information content (AvgIpc) is 2.97. The molecule has 2 N–H and O–H groups in total. The molecule has 18 heavy (non-hydrogen) atoms. The predicted molar refractivity (Wildman–Crippen MR) is 63.1 cm³/mol. The Kier molecular flexibility index (Phi) is 4.64. The Morgan fingerprint density at radius 1 is 1.28 bits per heavy atom. The van der Waals surface area contributed by atoms with Gasteiger partial charge in [0.25, 0.3) is 0 Å². The number of hydrogen-bond acceptors (Lipinski definition) is 2. The van der Waals surface area contributed by atoms with Crippen molar-refractivity contribution in [2.75, 3.05) is 6.54 Å². The fraction of sp³-hybridized carbons (Fsp3) is 0.917. The second-order valence-electron chi connectivity index (χ2n) is 5.42. The molecule has 1 unspecified atom stereocenters. The van der Waals surface area contributed by atoms with E-state index in [-0.39, 0.29) is 18.7 Å². The van der Waals surface area contributed by atoms with Crippen molar-refractivity contribution in [2.45, 2.75) is 57.8 Å². The van der Waals surface area contributed by atoms with Crippen LogP contribution in [0, 0.1) is 5.92 Å². The van der Waals surface area contributed by atoms with Gasteiger partial charge in [0, 0.05) is 6.54 Å². The fourth-order valence-corrected chi connectivity index (χ4v) is 1.75. The van der Waals surface area contributed by atoms with E-state index in [4.69, 9.17) is 0 Å². The van der Waals surface area contributed by atoms with Gasteiger partial charge in [-0.3, -0.25) is 10.1 Å².